The standard InChI is InChI=1S/C13H12N4S/c1-2-4-12(5-3-1)17-8-6-11(16-17)10-15-13-14-7-9-18-13/h1-9H,10H2,(H,14,15). The van der Waals surface area contributed by atoms with Gasteiger partial charge in [-0.15, -0.1) is 11.3 Å². The van der Waals surface area contributed by atoms with Crippen molar-refractivity contribution in [2.75, 3.05) is 5.32 Å². The van der Waals surface area contributed by atoms with Crippen LogP contribution in [0.2, 0.25) is 0 Å². The third-order valence-corrected chi connectivity index (χ3v) is 3.25. The van der Waals surface area contributed by atoms with Crippen molar-refractivity contribution >= 4 is 16.5 Å². The number of nitrogens with zero attached hydrogens (tertiary/aromatic N) is 3. The molecule has 2 heterocycles. The van der Waals surface area contributed by atoms with Crippen LogP contribution in [-0.2, 0) is 6.54 Å². The SMILES string of the molecule is c1ccc(-n2ccc(CNc3nccs3)n2)cc1. The van der Waals surface area contributed by atoms with E-state index in [1.165, 1.54) is 0 Å². The van der Waals surface area contributed by atoms with Crippen molar-refractivity contribution in [3.8, 4) is 5.69 Å². The molecule has 3 aromatic rings. The van der Waals surface area contributed by atoms with Gasteiger partial charge in [0.1, 0.15) is 0 Å². The van der Waals surface area contributed by atoms with Crippen molar-refractivity contribution in [2.45, 2.75) is 6.54 Å². The smallest absolute Gasteiger partial charge is 0.182 e. The van der Waals surface area contributed by atoms with Crippen LogP contribution in [0.3, 0.4) is 0 Å². The fourth-order valence-electron chi connectivity index (χ4n) is 1.66. The quantitative estimate of drug-likeness (QED) is 0.780. The Labute approximate surface area is 109 Å². The van der Waals surface area contributed by atoms with Gasteiger partial charge in [0.05, 0.1) is 17.9 Å². The van der Waals surface area contributed by atoms with Crippen molar-refractivity contribution < 1.29 is 0 Å². The molecular weight excluding hydrogens is 244 g/mol. The summed E-state index contributed by atoms with van der Waals surface area (Å²) in [5, 5.41) is 10.6. The summed E-state index contributed by atoms with van der Waals surface area (Å²) >= 11 is 1.59. The first kappa shape index (κ1) is 11.0. The Morgan fingerprint density at radius 1 is 1.17 bits per heavy atom. The number of hydrogen-bond acceptors (Lipinski definition) is 4. The Balaban J connectivity index is 1.70. The van der Waals surface area contributed by atoms with Gasteiger partial charge in [-0.2, -0.15) is 5.10 Å². The van der Waals surface area contributed by atoms with E-state index in [4.69, 9.17) is 0 Å². The molecule has 5 heteroatoms. The van der Waals surface area contributed by atoms with E-state index in [0.717, 1.165) is 16.5 Å². The molecule has 0 unspecified atom stereocenters. The number of nitrogens with one attached hydrogen (secondary N) is 1. The molecule has 0 aliphatic rings. The average molecular weight is 256 g/mol. The van der Waals surface area contributed by atoms with Crippen LogP contribution in [0.15, 0.2) is 54.2 Å². The number of rotatable bonds is 4. The van der Waals surface area contributed by atoms with Gasteiger partial charge in [-0.05, 0) is 18.2 Å². The number of hydrogen-bond donors (Lipinski definition) is 1. The summed E-state index contributed by atoms with van der Waals surface area (Å²) in [7, 11) is 0. The molecule has 1 aromatic carbocycles. The second kappa shape index (κ2) is 5.01. The second-order valence-electron chi connectivity index (χ2n) is 3.78. The van der Waals surface area contributed by atoms with Crippen LogP contribution < -0.4 is 5.32 Å². The molecule has 18 heavy (non-hydrogen) atoms. The Morgan fingerprint density at radius 2 is 2.06 bits per heavy atom. The molecule has 90 valence electrons. The van der Waals surface area contributed by atoms with Crippen LogP contribution in [-0.4, -0.2) is 14.8 Å². The molecule has 4 nitrogen and oxygen atoms in total. The van der Waals surface area contributed by atoms with E-state index in [1.807, 2.05) is 52.7 Å². The van der Waals surface area contributed by atoms with Gasteiger partial charge in [0.25, 0.3) is 0 Å². The van der Waals surface area contributed by atoms with Crippen molar-refractivity contribution in [3.05, 3.63) is 59.9 Å². The van der Waals surface area contributed by atoms with Crippen molar-refractivity contribution in [1.29, 1.82) is 0 Å². The van der Waals surface area contributed by atoms with Crippen molar-refractivity contribution in [1.82, 2.24) is 14.8 Å². The van der Waals surface area contributed by atoms with E-state index in [1.54, 1.807) is 17.5 Å². The third-order valence-electron chi connectivity index (χ3n) is 2.52. The van der Waals surface area contributed by atoms with Crippen LogP contribution in [0.5, 0.6) is 0 Å². The average Bonchev–Trinajstić information content (AvgIpc) is 3.09. The number of benzene rings is 1. The molecule has 0 saturated carbocycles. The van der Waals surface area contributed by atoms with Gasteiger partial charge in [0.2, 0.25) is 0 Å². The van der Waals surface area contributed by atoms with Gasteiger partial charge >= 0.3 is 0 Å². The van der Waals surface area contributed by atoms with E-state index in [-0.39, 0.29) is 0 Å². The topological polar surface area (TPSA) is 42.7 Å². The minimum Gasteiger partial charge on any atom is -0.356 e. The molecule has 0 aliphatic heterocycles. The fourth-order valence-corrected chi connectivity index (χ4v) is 2.19. The predicted octanol–water partition coefficient (Wildman–Crippen LogP) is 2.94. The number of para-hydroxylation sites is 1. The first-order chi connectivity index (χ1) is 8.92. The summed E-state index contributed by atoms with van der Waals surface area (Å²) in [6.45, 7) is 0.688. The van der Waals surface area contributed by atoms with E-state index >= 15 is 0 Å². The molecule has 0 radical (unpaired) electrons. The highest BCUT2D eigenvalue weighted by Gasteiger charge is 2.01. The van der Waals surface area contributed by atoms with Gasteiger partial charge in [-0.3, -0.25) is 0 Å². The zero-order valence-corrected chi connectivity index (χ0v) is 10.5. The summed E-state index contributed by atoms with van der Waals surface area (Å²) < 4.78 is 1.87. The molecule has 1 N–H and O–H groups in total. The predicted molar refractivity (Wildman–Crippen MR) is 73.0 cm³/mol. The lowest BCUT2D eigenvalue weighted by molar-refractivity contribution is 0.843. The fraction of sp³-hybridized carbons (Fsp3) is 0.0769. The molecule has 0 atom stereocenters. The van der Waals surface area contributed by atoms with Gasteiger partial charge in [0.15, 0.2) is 5.13 Å². The molecule has 0 fully saturated rings. The molecular formula is C13H12N4S. The van der Waals surface area contributed by atoms with Crippen molar-refractivity contribution in [2.24, 2.45) is 0 Å². The molecule has 0 spiro atoms. The minimum atomic E-state index is 0.688. The monoisotopic (exact) mass is 256 g/mol. The number of anilines is 1. The van der Waals surface area contributed by atoms with Gasteiger partial charge < -0.3 is 5.32 Å². The minimum absolute atomic E-state index is 0.688. The van der Waals surface area contributed by atoms with Gasteiger partial charge in [-0.1, -0.05) is 18.2 Å². The molecule has 0 amide bonds. The van der Waals surface area contributed by atoms with Gasteiger partial charge in [0, 0.05) is 17.8 Å². The van der Waals surface area contributed by atoms with Crippen molar-refractivity contribution in [3.63, 3.8) is 0 Å². The van der Waals surface area contributed by atoms with E-state index in [9.17, 15) is 0 Å². The van der Waals surface area contributed by atoms with Crippen LogP contribution in [0.1, 0.15) is 5.69 Å². The highest BCUT2D eigenvalue weighted by atomic mass is 32.1. The summed E-state index contributed by atoms with van der Waals surface area (Å²) in [6.07, 6.45) is 3.75. The Hall–Kier alpha value is -2.14. The van der Waals surface area contributed by atoms with Crippen LogP contribution in [0.4, 0.5) is 5.13 Å². The lowest BCUT2D eigenvalue weighted by Crippen LogP contribution is -2.01. The molecule has 0 saturated heterocycles. The Kier molecular flexibility index (Phi) is 3.06. The van der Waals surface area contributed by atoms with Crippen LogP contribution >= 0.6 is 11.3 Å². The zero-order chi connectivity index (χ0) is 12.2. The van der Waals surface area contributed by atoms with Gasteiger partial charge in [-0.25, -0.2) is 9.67 Å². The first-order valence-electron chi connectivity index (χ1n) is 5.65. The number of thiazole rings is 1. The Bertz CT molecular complexity index is 601. The summed E-state index contributed by atoms with van der Waals surface area (Å²) in [5.41, 5.74) is 2.06. The zero-order valence-electron chi connectivity index (χ0n) is 9.65. The lowest BCUT2D eigenvalue weighted by atomic mass is 10.3. The van der Waals surface area contributed by atoms with Crippen LogP contribution in [0.25, 0.3) is 5.69 Å². The summed E-state index contributed by atoms with van der Waals surface area (Å²) in [4.78, 5) is 4.17. The second-order valence-corrected chi connectivity index (χ2v) is 4.67. The maximum Gasteiger partial charge on any atom is 0.182 e. The summed E-state index contributed by atoms with van der Waals surface area (Å²) in [6, 6.07) is 12.1. The maximum absolute atomic E-state index is 4.51. The van der Waals surface area contributed by atoms with E-state index in [0.29, 0.717) is 6.54 Å². The van der Waals surface area contributed by atoms with E-state index < -0.39 is 0 Å². The van der Waals surface area contributed by atoms with E-state index in [2.05, 4.69) is 15.4 Å². The lowest BCUT2D eigenvalue weighted by Gasteiger charge is -2.01. The highest BCUT2D eigenvalue weighted by Crippen LogP contribution is 2.12. The molecule has 0 bridgehead atoms. The molecule has 3 rings (SSSR count). The first-order valence-corrected chi connectivity index (χ1v) is 6.53. The summed E-state index contributed by atoms with van der Waals surface area (Å²) in [5.74, 6) is 0. The molecule has 2 aromatic heterocycles. The largest absolute Gasteiger partial charge is 0.356 e. The normalized spacial score (nSPS) is 10.4. The Morgan fingerprint density at radius 3 is 2.83 bits per heavy atom. The van der Waals surface area contributed by atoms with Crippen LogP contribution in [0, 0.1) is 0 Å². The highest BCUT2D eigenvalue weighted by molar-refractivity contribution is 7.13. The molecule has 0 aliphatic carbocycles. The third kappa shape index (κ3) is 2.41. The number of aromatic nitrogens is 3. The maximum atomic E-state index is 4.51.